The Balaban J connectivity index is 0. The molecule has 0 heterocycles. The van der Waals surface area contributed by atoms with Crippen molar-refractivity contribution in [1.29, 1.82) is 0 Å². The van der Waals surface area contributed by atoms with Gasteiger partial charge in [-0.3, -0.25) is 0 Å². The molecule has 0 amide bonds. The molecule has 0 aromatic carbocycles. The van der Waals surface area contributed by atoms with E-state index in [9.17, 15) is 13.0 Å². The molecule has 0 bridgehead atoms. The van der Waals surface area contributed by atoms with E-state index in [4.69, 9.17) is 0 Å². The first-order chi connectivity index (χ1) is 4.56. The number of unbranched alkanes of at least 4 members (excludes halogenated alkanes) is 3. The van der Waals surface area contributed by atoms with Gasteiger partial charge in [-0.2, -0.15) is 0 Å². The normalized spacial score (nSPS) is 10.7. The van der Waals surface area contributed by atoms with Crippen molar-refractivity contribution in [2.24, 2.45) is 0 Å². The van der Waals surface area contributed by atoms with Crippen molar-refractivity contribution in [3.8, 4) is 0 Å². The maximum atomic E-state index is 10.0. The Morgan fingerprint density at radius 2 is 1.73 bits per heavy atom. The van der Waals surface area contributed by atoms with Gasteiger partial charge < -0.3 is 4.55 Å². The van der Waals surface area contributed by atoms with Gasteiger partial charge in [-0.15, -0.1) is 0 Å². The average molecular weight is 298 g/mol. The van der Waals surface area contributed by atoms with E-state index in [1.54, 1.807) is 0 Å². The molecule has 3 nitrogen and oxygen atoms in total. The Morgan fingerprint density at radius 1 is 1.18 bits per heavy atom. The molecule has 0 aliphatic rings. The summed E-state index contributed by atoms with van der Waals surface area (Å²) in [6, 6.07) is 0. The van der Waals surface area contributed by atoms with E-state index in [-0.39, 0.29) is 74.6 Å². The van der Waals surface area contributed by atoms with Crippen molar-refractivity contribution in [3.05, 3.63) is 0 Å². The van der Waals surface area contributed by atoms with Crippen molar-refractivity contribution in [1.82, 2.24) is 0 Å². The molecule has 0 aromatic rings. The second kappa shape index (κ2) is 8.56. The molecule has 0 N–H and O–H groups in total. The predicted octanol–water partition coefficient (Wildman–Crippen LogP) is -1.88. The number of hydrogen-bond donors (Lipinski definition) is 0. The molecular weight excluding hydrogens is 285 g/mol. The molecule has 0 fully saturated rings. The van der Waals surface area contributed by atoms with Crippen LogP contribution in [0.3, 0.4) is 0 Å². The topological polar surface area (TPSA) is 57.2 Å². The summed E-state index contributed by atoms with van der Waals surface area (Å²) in [5.41, 5.74) is 0. The van der Waals surface area contributed by atoms with Crippen molar-refractivity contribution in [2.75, 3.05) is 5.75 Å². The van der Waals surface area contributed by atoms with Crippen LogP contribution in [-0.2, 0) is 10.1 Å². The monoisotopic (exact) mass is 298 g/mol. The van der Waals surface area contributed by atoms with Crippen molar-refractivity contribution in [3.63, 3.8) is 0 Å². The van der Waals surface area contributed by atoms with E-state index in [2.05, 4.69) is 0 Å². The predicted molar refractivity (Wildman–Crippen MR) is 38.7 cm³/mol. The standard InChI is InChI=1S/C6H14O3S.Cs/c1-2-3-4-5-6-10(7,8)9;/h2-6H2,1H3,(H,7,8,9);/q;+1/p-1. The van der Waals surface area contributed by atoms with Gasteiger partial charge >= 0.3 is 68.9 Å². The van der Waals surface area contributed by atoms with E-state index in [1.165, 1.54) is 0 Å². The summed E-state index contributed by atoms with van der Waals surface area (Å²) in [5.74, 6) is -0.201. The van der Waals surface area contributed by atoms with E-state index >= 15 is 0 Å². The number of hydrogen-bond acceptors (Lipinski definition) is 3. The first-order valence-corrected chi connectivity index (χ1v) is 5.07. The summed E-state index contributed by atoms with van der Waals surface area (Å²) in [7, 11) is -3.95. The van der Waals surface area contributed by atoms with Crippen LogP contribution in [0.5, 0.6) is 0 Å². The molecule has 0 radical (unpaired) electrons. The molecule has 0 rings (SSSR count). The van der Waals surface area contributed by atoms with Gasteiger partial charge in [-0.05, 0) is 6.42 Å². The van der Waals surface area contributed by atoms with Crippen molar-refractivity contribution >= 4 is 10.1 Å². The van der Waals surface area contributed by atoms with Crippen LogP contribution in [-0.4, -0.2) is 18.7 Å². The Kier molecular flexibility index (Phi) is 12.0. The molecule has 0 spiro atoms. The van der Waals surface area contributed by atoms with Gasteiger partial charge in [0.25, 0.3) is 0 Å². The summed E-state index contributed by atoms with van der Waals surface area (Å²) < 4.78 is 30.1. The van der Waals surface area contributed by atoms with Crippen LogP contribution >= 0.6 is 0 Å². The minimum Gasteiger partial charge on any atom is -0.748 e. The van der Waals surface area contributed by atoms with Crippen LogP contribution in [0.4, 0.5) is 0 Å². The summed E-state index contributed by atoms with van der Waals surface area (Å²) in [6.07, 6.45) is 3.42. The third-order valence-corrected chi connectivity index (χ3v) is 2.04. The molecule has 0 atom stereocenters. The van der Waals surface area contributed by atoms with Gasteiger partial charge in [-0.1, -0.05) is 26.2 Å². The quantitative estimate of drug-likeness (QED) is 0.441. The van der Waals surface area contributed by atoms with Crippen LogP contribution in [0.2, 0.25) is 0 Å². The summed E-state index contributed by atoms with van der Waals surface area (Å²) >= 11 is 0. The van der Waals surface area contributed by atoms with Gasteiger partial charge in [0.1, 0.15) is 0 Å². The van der Waals surface area contributed by atoms with E-state index in [0.29, 0.717) is 6.42 Å². The van der Waals surface area contributed by atoms with Crippen LogP contribution in [0.15, 0.2) is 0 Å². The third kappa shape index (κ3) is 14.8. The van der Waals surface area contributed by atoms with Crippen LogP contribution in [0.25, 0.3) is 0 Å². The first kappa shape index (κ1) is 15.4. The zero-order chi connectivity index (χ0) is 8.04. The van der Waals surface area contributed by atoms with Crippen LogP contribution < -0.4 is 68.9 Å². The minimum absolute atomic E-state index is 0. The fraction of sp³-hybridized carbons (Fsp3) is 1.00. The van der Waals surface area contributed by atoms with Gasteiger partial charge in [0, 0.05) is 5.75 Å². The molecule has 62 valence electrons. The minimum atomic E-state index is -3.95. The smallest absolute Gasteiger partial charge is 0.748 e. The van der Waals surface area contributed by atoms with E-state index in [0.717, 1.165) is 19.3 Å². The second-order valence-corrected chi connectivity index (χ2v) is 3.85. The molecule has 0 saturated carbocycles. The second-order valence-electron chi connectivity index (χ2n) is 2.32. The van der Waals surface area contributed by atoms with Crippen molar-refractivity contribution < 1.29 is 81.9 Å². The zero-order valence-corrected chi connectivity index (χ0v) is 14.3. The molecule has 0 saturated heterocycles. The first-order valence-electron chi connectivity index (χ1n) is 3.50. The maximum absolute atomic E-state index is 10.0. The fourth-order valence-corrected chi connectivity index (χ4v) is 1.26. The van der Waals surface area contributed by atoms with Crippen molar-refractivity contribution in [2.45, 2.75) is 32.6 Å². The van der Waals surface area contributed by atoms with Crippen LogP contribution in [0, 0.1) is 0 Å². The Morgan fingerprint density at radius 3 is 2.09 bits per heavy atom. The Labute approximate surface area is 127 Å². The molecular formula is C6H13CsO3S. The molecule has 0 aromatic heterocycles. The largest absolute Gasteiger partial charge is 1.00 e. The van der Waals surface area contributed by atoms with Gasteiger partial charge in [0.15, 0.2) is 0 Å². The molecule has 0 unspecified atom stereocenters. The summed E-state index contributed by atoms with van der Waals surface area (Å²) in [6.45, 7) is 2.03. The number of rotatable bonds is 5. The molecule has 11 heavy (non-hydrogen) atoms. The SMILES string of the molecule is CCCCCCS(=O)(=O)[O-].[Cs+]. The molecule has 5 heteroatoms. The summed E-state index contributed by atoms with van der Waals surface area (Å²) in [4.78, 5) is 0. The molecule has 0 aliphatic heterocycles. The molecule has 0 aliphatic carbocycles. The average Bonchev–Trinajstić information content (AvgIpc) is 1.78. The Bertz CT molecular complexity index is 165. The summed E-state index contributed by atoms with van der Waals surface area (Å²) in [5, 5.41) is 0. The van der Waals surface area contributed by atoms with Gasteiger partial charge in [-0.25, -0.2) is 8.42 Å². The maximum Gasteiger partial charge on any atom is 1.00 e. The Hall–Kier alpha value is 1.96. The van der Waals surface area contributed by atoms with Crippen LogP contribution in [0.1, 0.15) is 32.6 Å². The van der Waals surface area contributed by atoms with Gasteiger partial charge in [0.2, 0.25) is 0 Å². The van der Waals surface area contributed by atoms with E-state index < -0.39 is 10.1 Å². The fourth-order valence-electron chi connectivity index (χ4n) is 0.706. The third-order valence-electron chi connectivity index (χ3n) is 1.25. The van der Waals surface area contributed by atoms with E-state index in [1.807, 2.05) is 6.92 Å². The zero-order valence-electron chi connectivity index (χ0n) is 7.17. The van der Waals surface area contributed by atoms with Gasteiger partial charge in [0.05, 0.1) is 10.1 Å².